The van der Waals surface area contributed by atoms with E-state index in [1.807, 2.05) is 0 Å². The summed E-state index contributed by atoms with van der Waals surface area (Å²) >= 11 is 0. The van der Waals surface area contributed by atoms with Gasteiger partial charge in [-0.2, -0.15) is 0 Å². The minimum Gasteiger partial charge on any atom is -0.370 e. The van der Waals surface area contributed by atoms with Crippen LogP contribution in [0, 0.1) is 5.92 Å². The molecular formula is C15H32IN5. The minimum atomic E-state index is 0. The fraction of sp³-hybridized carbons (Fsp3) is 0.933. The Hall–Kier alpha value is -0.0800. The van der Waals surface area contributed by atoms with Crippen LogP contribution in [-0.2, 0) is 0 Å². The molecule has 2 saturated heterocycles. The van der Waals surface area contributed by atoms with Crippen LogP contribution in [0.1, 0.15) is 26.2 Å². The van der Waals surface area contributed by atoms with Crippen LogP contribution in [0.5, 0.6) is 0 Å². The Bertz CT molecular complexity index is 315. The SMILES string of the molecule is CC1CCN(C(N)=NCCN2CCCN(C)CC2)CC1.I. The maximum Gasteiger partial charge on any atom is 0.191 e. The van der Waals surface area contributed by atoms with E-state index in [0.717, 1.165) is 44.6 Å². The van der Waals surface area contributed by atoms with Crippen LogP contribution in [0.15, 0.2) is 4.99 Å². The van der Waals surface area contributed by atoms with Gasteiger partial charge < -0.3 is 20.4 Å². The number of aliphatic imine (C=N–C) groups is 1. The maximum atomic E-state index is 6.11. The van der Waals surface area contributed by atoms with Gasteiger partial charge in [0.1, 0.15) is 0 Å². The second-order valence-electron chi connectivity index (χ2n) is 6.41. The molecule has 2 aliphatic heterocycles. The van der Waals surface area contributed by atoms with Gasteiger partial charge in [-0.05, 0) is 45.3 Å². The number of nitrogens with zero attached hydrogens (tertiary/aromatic N) is 4. The van der Waals surface area contributed by atoms with Crippen molar-refractivity contribution >= 4 is 29.9 Å². The maximum absolute atomic E-state index is 6.11. The van der Waals surface area contributed by atoms with Gasteiger partial charge >= 0.3 is 0 Å². The Morgan fingerprint density at radius 3 is 2.52 bits per heavy atom. The van der Waals surface area contributed by atoms with Crippen LogP contribution in [0.2, 0.25) is 0 Å². The fourth-order valence-electron chi connectivity index (χ4n) is 2.97. The van der Waals surface area contributed by atoms with E-state index in [1.165, 1.54) is 38.9 Å². The molecule has 0 aromatic rings. The number of nitrogens with two attached hydrogens (primary N) is 1. The Kier molecular flexibility index (Phi) is 8.89. The van der Waals surface area contributed by atoms with E-state index in [1.54, 1.807) is 0 Å². The molecule has 5 nitrogen and oxygen atoms in total. The number of rotatable bonds is 3. The summed E-state index contributed by atoms with van der Waals surface area (Å²) in [5.41, 5.74) is 6.11. The van der Waals surface area contributed by atoms with E-state index in [2.05, 4.69) is 33.7 Å². The molecule has 0 amide bonds. The molecule has 2 N–H and O–H groups in total. The number of piperidine rings is 1. The van der Waals surface area contributed by atoms with Crippen LogP contribution < -0.4 is 5.73 Å². The summed E-state index contributed by atoms with van der Waals surface area (Å²) in [6, 6.07) is 0. The molecule has 0 saturated carbocycles. The molecule has 0 aromatic heterocycles. The molecule has 0 atom stereocenters. The Labute approximate surface area is 146 Å². The van der Waals surface area contributed by atoms with Gasteiger partial charge in [-0.25, -0.2) is 0 Å². The smallest absolute Gasteiger partial charge is 0.191 e. The predicted octanol–water partition coefficient (Wildman–Crippen LogP) is 1.29. The summed E-state index contributed by atoms with van der Waals surface area (Å²) in [5.74, 6) is 1.59. The first-order valence-corrected chi connectivity index (χ1v) is 8.11. The summed E-state index contributed by atoms with van der Waals surface area (Å²) < 4.78 is 0. The van der Waals surface area contributed by atoms with E-state index in [9.17, 15) is 0 Å². The van der Waals surface area contributed by atoms with Gasteiger partial charge in [0.25, 0.3) is 0 Å². The van der Waals surface area contributed by atoms with Crippen molar-refractivity contribution in [1.29, 1.82) is 0 Å². The lowest BCUT2D eigenvalue weighted by atomic mass is 10.00. The molecule has 6 heteroatoms. The van der Waals surface area contributed by atoms with Gasteiger partial charge in [-0.3, -0.25) is 4.99 Å². The highest BCUT2D eigenvalue weighted by atomic mass is 127. The van der Waals surface area contributed by atoms with Crippen LogP contribution in [-0.4, -0.2) is 80.1 Å². The van der Waals surface area contributed by atoms with E-state index in [0.29, 0.717) is 0 Å². The van der Waals surface area contributed by atoms with Crippen molar-refractivity contribution in [2.45, 2.75) is 26.2 Å². The van der Waals surface area contributed by atoms with Gasteiger partial charge in [0.2, 0.25) is 0 Å². The van der Waals surface area contributed by atoms with Gasteiger partial charge in [0.05, 0.1) is 6.54 Å². The number of halogens is 1. The molecule has 0 bridgehead atoms. The molecule has 21 heavy (non-hydrogen) atoms. The lowest BCUT2D eigenvalue weighted by Crippen LogP contribution is -2.43. The van der Waals surface area contributed by atoms with Crippen molar-refractivity contribution in [1.82, 2.24) is 14.7 Å². The number of guanidine groups is 1. The third-order valence-corrected chi connectivity index (χ3v) is 4.61. The highest BCUT2D eigenvalue weighted by molar-refractivity contribution is 14.0. The molecular weight excluding hydrogens is 377 g/mol. The zero-order chi connectivity index (χ0) is 14.4. The average molecular weight is 409 g/mol. The van der Waals surface area contributed by atoms with Crippen molar-refractivity contribution in [3.63, 3.8) is 0 Å². The van der Waals surface area contributed by atoms with Gasteiger partial charge in [-0.1, -0.05) is 6.92 Å². The molecule has 2 rings (SSSR count). The summed E-state index contributed by atoms with van der Waals surface area (Å²) in [5, 5.41) is 0. The summed E-state index contributed by atoms with van der Waals surface area (Å²) in [7, 11) is 2.21. The van der Waals surface area contributed by atoms with Crippen LogP contribution >= 0.6 is 24.0 Å². The third-order valence-electron chi connectivity index (χ3n) is 4.61. The molecule has 2 heterocycles. The Morgan fingerprint density at radius 2 is 1.81 bits per heavy atom. The number of hydrogen-bond acceptors (Lipinski definition) is 3. The highest BCUT2D eigenvalue weighted by Crippen LogP contribution is 2.15. The molecule has 0 spiro atoms. The molecule has 0 unspecified atom stereocenters. The standard InChI is InChI=1S/C15H31N5.HI/c1-14-4-9-20(10-5-14)15(16)17-6-11-19-8-3-7-18(2)12-13-19;/h14H,3-13H2,1-2H3,(H2,16,17);1H. The topological polar surface area (TPSA) is 48.1 Å². The number of likely N-dealkylation sites (N-methyl/N-ethyl adjacent to an activating group) is 1. The van der Waals surface area contributed by atoms with Crippen molar-refractivity contribution in [2.75, 3.05) is 59.4 Å². The number of likely N-dealkylation sites (tertiary alicyclic amines) is 1. The third kappa shape index (κ3) is 6.69. The first kappa shape index (κ1) is 19.0. The largest absolute Gasteiger partial charge is 0.370 e. The van der Waals surface area contributed by atoms with Gasteiger partial charge in [0, 0.05) is 32.7 Å². The van der Waals surface area contributed by atoms with E-state index in [4.69, 9.17) is 5.73 Å². The van der Waals surface area contributed by atoms with Crippen molar-refractivity contribution in [2.24, 2.45) is 16.6 Å². The Balaban J connectivity index is 0.00000220. The lowest BCUT2D eigenvalue weighted by Gasteiger charge is -2.31. The fourth-order valence-corrected chi connectivity index (χ4v) is 2.97. The number of hydrogen-bond donors (Lipinski definition) is 1. The van der Waals surface area contributed by atoms with Gasteiger partial charge in [-0.15, -0.1) is 24.0 Å². The zero-order valence-corrected chi connectivity index (χ0v) is 16.0. The first-order valence-electron chi connectivity index (χ1n) is 8.11. The summed E-state index contributed by atoms with van der Waals surface area (Å²) in [6.07, 6.45) is 3.75. The lowest BCUT2D eigenvalue weighted by molar-refractivity contribution is 0.273. The molecule has 124 valence electrons. The molecule has 0 radical (unpaired) electrons. The van der Waals surface area contributed by atoms with E-state index in [-0.39, 0.29) is 24.0 Å². The van der Waals surface area contributed by atoms with Crippen molar-refractivity contribution in [3.8, 4) is 0 Å². The quantitative estimate of drug-likeness (QED) is 0.434. The molecule has 0 aliphatic carbocycles. The predicted molar refractivity (Wildman–Crippen MR) is 100 cm³/mol. The van der Waals surface area contributed by atoms with Crippen molar-refractivity contribution in [3.05, 3.63) is 0 Å². The van der Waals surface area contributed by atoms with E-state index < -0.39 is 0 Å². The van der Waals surface area contributed by atoms with Crippen LogP contribution in [0.3, 0.4) is 0 Å². The normalized spacial score (nSPS) is 23.7. The average Bonchev–Trinajstić information content (AvgIpc) is 2.64. The molecule has 2 fully saturated rings. The summed E-state index contributed by atoms with van der Waals surface area (Å²) in [4.78, 5) is 11.7. The van der Waals surface area contributed by atoms with Crippen LogP contribution in [0.25, 0.3) is 0 Å². The zero-order valence-electron chi connectivity index (χ0n) is 13.6. The minimum absolute atomic E-state index is 0. The monoisotopic (exact) mass is 409 g/mol. The first-order chi connectivity index (χ1) is 9.65. The molecule has 2 aliphatic rings. The Morgan fingerprint density at radius 1 is 1.10 bits per heavy atom. The molecule has 0 aromatic carbocycles. The van der Waals surface area contributed by atoms with Crippen LogP contribution in [0.4, 0.5) is 0 Å². The second kappa shape index (κ2) is 9.84. The highest BCUT2D eigenvalue weighted by Gasteiger charge is 2.17. The van der Waals surface area contributed by atoms with Gasteiger partial charge in [0.15, 0.2) is 5.96 Å². The second-order valence-corrected chi connectivity index (χ2v) is 6.41. The van der Waals surface area contributed by atoms with E-state index >= 15 is 0 Å². The summed E-state index contributed by atoms with van der Waals surface area (Å²) in [6.45, 7) is 11.1. The van der Waals surface area contributed by atoms with Crippen molar-refractivity contribution < 1.29 is 0 Å².